The van der Waals surface area contributed by atoms with Gasteiger partial charge in [-0.1, -0.05) is 0 Å². The molecule has 3 nitrogen and oxygen atoms in total. The van der Waals surface area contributed by atoms with Crippen molar-refractivity contribution in [2.24, 2.45) is 11.8 Å². The summed E-state index contributed by atoms with van der Waals surface area (Å²) in [7, 11) is 0. The van der Waals surface area contributed by atoms with Crippen LogP contribution in [-0.4, -0.2) is 24.3 Å². The van der Waals surface area contributed by atoms with Crippen molar-refractivity contribution in [2.75, 3.05) is 0 Å². The Kier molecular flexibility index (Phi) is 4.32. The Bertz CT molecular complexity index is 369. The molecule has 0 aromatic rings. The Balaban J connectivity index is 2.82. The molecule has 1 rings (SSSR count). The number of alkyl halides is 6. The molecule has 1 N–H and O–H groups in total. The van der Waals surface area contributed by atoms with Crippen molar-refractivity contribution in [2.45, 2.75) is 37.7 Å². The van der Waals surface area contributed by atoms with Gasteiger partial charge in [0.25, 0.3) is 0 Å². The second kappa shape index (κ2) is 5.27. The Morgan fingerprint density at radius 2 is 1.68 bits per heavy atom. The summed E-state index contributed by atoms with van der Waals surface area (Å²) in [6, 6.07) is 0.805. The van der Waals surface area contributed by atoms with Crippen molar-refractivity contribution in [3.63, 3.8) is 0 Å². The smallest absolute Gasteiger partial charge is 0.351 e. The van der Waals surface area contributed by atoms with E-state index in [9.17, 15) is 31.1 Å². The first-order valence-corrected chi connectivity index (χ1v) is 5.40. The number of amides is 1. The Morgan fingerprint density at radius 1 is 1.16 bits per heavy atom. The molecule has 0 aliphatic heterocycles. The molecule has 0 aromatic heterocycles. The maximum absolute atomic E-state index is 12.3. The third-order valence-electron chi connectivity index (χ3n) is 2.93. The number of hydrogen-bond donors (Lipinski definition) is 1. The van der Waals surface area contributed by atoms with Gasteiger partial charge in [-0.3, -0.25) is 4.79 Å². The summed E-state index contributed by atoms with van der Waals surface area (Å²) < 4.78 is 73.6. The average Bonchev–Trinajstić information content (AvgIpc) is 2.59. The van der Waals surface area contributed by atoms with Crippen LogP contribution in [0, 0.1) is 23.2 Å². The lowest BCUT2D eigenvalue weighted by atomic mass is 10.0. The van der Waals surface area contributed by atoms with Crippen LogP contribution in [0.3, 0.4) is 0 Å². The molecule has 2 atom stereocenters. The van der Waals surface area contributed by atoms with E-state index in [0.717, 1.165) is 0 Å². The van der Waals surface area contributed by atoms with Crippen molar-refractivity contribution in [1.82, 2.24) is 5.32 Å². The third-order valence-corrected chi connectivity index (χ3v) is 2.93. The Hall–Kier alpha value is -1.46. The van der Waals surface area contributed by atoms with Crippen LogP contribution in [0.4, 0.5) is 26.3 Å². The third kappa shape index (κ3) is 3.75. The van der Waals surface area contributed by atoms with Crippen molar-refractivity contribution >= 4 is 5.91 Å². The predicted molar refractivity (Wildman–Crippen MR) is 50.5 cm³/mol. The molecule has 0 bridgehead atoms. The van der Waals surface area contributed by atoms with Gasteiger partial charge < -0.3 is 5.32 Å². The lowest BCUT2D eigenvalue weighted by molar-refractivity contribution is -0.274. The van der Waals surface area contributed by atoms with E-state index in [-0.39, 0.29) is 6.42 Å². The lowest BCUT2D eigenvalue weighted by Gasteiger charge is -2.24. The monoisotopic (exact) mass is 288 g/mol. The average molecular weight is 288 g/mol. The number of nitrogens with one attached hydrogen (secondary N) is 1. The highest BCUT2D eigenvalue weighted by Crippen LogP contribution is 2.39. The number of halogens is 6. The molecule has 1 saturated carbocycles. The molecule has 0 aromatic carbocycles. The fraction of sp³-hybridized carbons (Fsp3) is 0.800. The molecule has 19 heavy (non-hydrogen) atoms. The number of hydrogen-bond acceptors (Lipinski definition) is 2. The van der Waals surface area contributed by atoms with Crippen molar-refractivity contribution in [1.29, 1.82) is 5.26 Å². The SMILES string of the molecule is N#CC1CCCC1NC(=O)C(C(F)(F)F)C(F)(F)F. The van der Waals surface area contributed by atoms with Gasteiger partial charge >= 0.3 is 12.4 Å². The number of rotatable bonds is 2. The Morgan fingerprint density at radius 3 is 2.11 bits per heavy atom. The standard InChI is InChI=1S/C10H10F6N2O/c11-9(12,13)7(10(14,15)16)8(19)18-6-3-1-2-5(6)4-17/h5-7H,1-3H2,(H,18,19). The van der Waals surface area contributed by atoms with E-state index >= 15 is 0 Å². The highest BCUT2D eigenvalue weighted by molar-refractivity contribution is 5.80. The largest absolute Gasteiger partial charge is 0.409 e. The van der Waals surface area contributed by atoms with Crippen LogP contribution in [0.15, 0.2) is 0 Å². The maximum Gasteiger partial charge on any atom is 0.409 e. The van der Waals surface area contributed by atoms with E-state index in [4.69, 9.17) is 5.26 Å². The van der Waals surface area contributed by atoms with Crippen LogP contribution in [0.2, 0.25) is 0 Å². The maximum atomic E-state index is 12.3. The van der Waals surface area contributed by atoms with Gasteiger partial charge in [-0.05, 0) is 19.3 Å². The van der Waals surface area contributed by atoms with E-state index in [1.807, 2.05) is 0 Å². The molecule has 0 spiro atoms. The summed E-state index contributed by atoms with van der Waals surface area (Å²) in [4.78, 5) is 11.2. The molecule has 108 valence electrons. The van der Waals surface area contributed by atoms with Crippen LogP contribution in [0.5, 0.6) is 0 Å². The molecule has 0 heterocycles. The first kappa shape index (κ1) is 15.6. The first-order valence-electron chi connectivity index (χ1n) is 5.40. The minimum absolute atomic E-state index is 0.201. The van der Waals surface area contributed by atoms with Crippen molar-refractivity contribution in [3.8, 4) is 6.07 Å². The Labute approximate surface area is 104 Å². The fourth-order valence-corrected chi connectivity index (χ4v) is 2.04. The van der Waals surface area contributed by atoms with E-state index in [2.05, 4.69) is 0 Å². The second-order valence-electron chi connectivity index (χ2n) is 4.30. The van der Waals surface area contributed by atoms with Crippen LogP contribution >= 0.6 is 0 Å². The van der Waals surface area contributed by atoms with E-state index in [0.29, 0.717) is 12.8 Å². The van der Waals surface area contributed by atoms with Crippen LogP contribution in [0.25, 0.3) is 0 Å². The molecule has 1 aliphatic rings. The van der Waals surface area contributed by atoms with E-state index in [1.54, 1.807) is 11.4 Å². The minimum atomic E-state index is -5.71. The summed E-state index contributed by atoms with van der Waals surface area (Å²) in [5.41, 5.74) is 0. The summed E-state index contributed by atoms with van der Waals surface area (Å²) >= 11 is 0. The van der Waals surface area contributed by atoms with Gasteiger partial charge in [0.05, 0.1) is 12.0 Å². The summed E-state index contributed by atoms with van der Waals surface area (Å²) in [6.07, 6.45) is -10.4. The van der Waals surface area contributed by atoms with Gasteiger partial charge in [-0.15, -0.1) is 0 Å². The van der Waals surface area contributed by atoms with Gasteiger partial charge in [0.1, 0.15) is 0 Å². The molecule has 1 fully saturated rings. The molecule has 1 aliphatic carbocycles. The van der Waals surface area contributed by atoms with Gasteiger partial charge in [-0.25, -0.2) is 0 Å². The van der Waals surface area contributed by atoms with Crippen molar-refractivity contribution < 1.29 is 31.1 Å². The zero-order valence-electron chi connectivity index (χ0n) is 9.48. The molecule has 2 unspecified atom stereocenters. The van der Waals surface area contributed by atoms with Crippen LogP contribution in [0.1, 0.15) is 19.3 Å². The molecular formula is C10H10F6N2O. The quantitative estimate of drug-likeness (QED) is 0.794. The highest BCUT2D eigenvalue weighted by atomic mass is 19.4. The van der Waals surface area contributed by atoms with E-state index < -0.39 is 36.1 Å². The van der Waals surface area contributed by atoms with E-state index in [1.165, 1.54) is 0 Å². The number of nitrogens with zero attached hydrogens (tertiary/aromatic N) is 1. The number of carbonyl (C=O) groups is 1. The predicted octanol–water partition coefficient (Wildman–Crippen LogP) is 2.54. The molecule has 1 amide bonds. The normalized spacial score (nSPS) is 24.3. The summed E-state index contributed by atoms with van der Waals surface area (Å²) in [5.74, 6) is -6.95. The van der Waals surface area contributed by atoms with Gasteiger partial charge in [-0.2, -0.15) is 31.6 Å². The lowest BCUT2D eigenvalue weighted by Crippen LogP contribution is -2.51. The number of nitriles is 1. The van der Waals surface area contributed by atoms with Crippen LogP contribution in [-0.2, 0) is 4.79 Å². The van der Waals surface area contributed by atoms with Crippen molar-refractivity contribution in [3.05, 3.63) is 0 Å². The minimum Gasteiger partial charge on any atom is -0.351 e. The molecular weight excluding hydrogens is 278 g/mol. The zero-order valence-corrected chi connectivity index (χ0v) is 9.48. The fourth-order valence-electron chi connectivity index (χ4n) is 2.04. The topological polar surface area (TPSA) is 52.9 Å². The molecule has 0 radical (unpaired) electrons. The zero-order chi connectivity index (χ0) is 14.8. The van der Waals surface area contributed by atoms with Gasteiger partial charge in [0, 0.05) is 6.04 Å². The van der Waals surface area contributed by atoms with Gasteiger partial charge in [0.15, 0.2) is 0 Å². The van der Waals surface area contributed by atoms with Crippen LogP contribution < -0.4 is 5.32 Å². The highest BCUT2D eigenvalue weighted by Gasteiger charge is 2.61. The molecule has 9 heteroatoms. The summed E-state index contributed by atoms with van der Waals surface area (Å²) in [6.45, 7) is 0. The first-order chi connectivity index (χ1) is 8.57. The van der Waals surface area contributed by atoms with Gasteiger partial charge in [0.2, 0.25) is 11.8 Å². The number of carbonyl (C=O) groups excluding carboxylic acids is 1. The molecule has 0 saturated heterocycles. The second-order valence-corrected chi connectivity index (χ2v) is 4.30. The summed E-state index contributed by atoms with van der Waals surface area (Å²) in [5, 5.41) is 10.4.